The van der Waals surface area contributed by atoms with Gasteiger partial charge in [0.2, 0.25) is 48.7 Å². The van der Waals surface area contributed by atoms with Crippen LogP contribution in [-0.2, 0) is 54.4 Å². The number of carbonyl (C=O) groups excluding carboxylic acids is 1. The molecule has 13 aromatic rings. The molecular weight excluding hydrogens is 1580 g/mol. The molecule has 29 nitrogen and oxygen atoms in total. The highest BCUT2D eigenvalue weighted by atomic mass is 28.4. The van der Waals surface area contributed by atoms with Gasteiger partial charge in [-0.2, -0.15) is 14.5 Å². The van der Waals surface area contributed by atoms with Crippen molar-refractivity contribution < 1.29 is 58.6 Å². The van der Waals surface area contributed by atoms with E-state index in [9.17, 15) is 63.5 Å². The maximum absolute atomic E-state index is 14.2. The monoisotopic (exact) mass is 1660 g/mol. The van der Waals surface area contributed by atoms with E-state index in [1.165, 1.54) is 97.2 Å². The zero-order chi connectivity index (χ0) is 85.5. The Morgan fingerprint density at radius 1 is 0.492 bits per heavy atom. The molecule has 0 aliphatic heterocycles. The minimum absolute atomic E-state index is 0. The van der Waals surface area contributed by atoms with Crippen LogP contribution in [0.25, 0.3) is 72.8 Å². The summed E-state index contributed by atoms with van der Waals surface area (Å²) in [5, 5.41) is 12.6. The average Bonchev–Trinajstić information content (AvgIpc) is 1.54. The van der Waals surface area contributed by atoms with Gasteiger partial charge in [-0.15, -0.1) is 5.10 Å². The minimum Gasteiger partial charge on any atom is -0.535 e. The molecule has 0 saturated carbocycles. The maximum atomic E-state index is 14.2. The highest BCUT2D eigenvalue weighted by Gasteiger charge is 2.25. The first-order chi connectivity index (χ1) is 55.2. The average molecular weight is 1660 g/mol. The molecule has 0 fully saturated rings. The van der Waals surface area contributed by atoms with E-state index in [4.69, 9.17) is 32.6 Å². The van der Waals surface area contributed by atoms with Crippen LogP contribution in [0, 0.1) is 52.4 Å². The Morgan fingerprint density at radius 2 is 0.864 bits per heavy atom. The Labute approximate surface area is 669 Å². The number of hydrazine groups is 2. The molecule has 0 saturated heterocycles. The number of carboxylic acid groups (broad SMARTS) is 1. The van der Waals surface area contributed by atoms with E-state index >= 15 is 0 Å². The molecule has 0 aliphatic carbocycles. The largest absolute Gasteiger partial charge is 0.535 e. The molecule has 614 valence electrons. The number of benzene rings is 3. The number of hydrogen-bond donors (Lipinski definition) is 8. The number of pyridine rings is 6. The molecule has 3 aromatic carbocycles. The molecule has 0 unspecified atom stereocenters. The SMILES string of the molecule is C.CC(=N[Si](C)(C)C)O[Si](C)(C)C.Cn1cc(-c2c(-c3ccc(F)cc3)nc(N)n3nc(Cc4ncc(F)cc4F)nc23)ccc1=O.Cn1cc(-c2c(NN)nc(N)nc2-c2ccc(F)cc2)ccc1=O.Cn1cc(-c2c(NNC(=O)Cc3ncc(F)cc3F)nc(N)nc2-c2ccc(F)cc2)ccc1=O.O=C(O)Cc1ncc(F)cc1F. The van der Waals surface area contributed by atoms with E-state index in [1.54, 1.807) is 69.9 Å². The van der Waals surface area contributed by atoms with Gasteiger partial charge in [0.25, 0.3) is 0 Å². The molecule has 1 amide bonds. The molecule has 0 aliphatic rings. The van der Waals surface area contributed by atoms with E-state index < -0.39 is 87.8 Å². The Kier molecular flexibility index (Phi) is 29.4. The minimum atomic E-state index is -1.43. The number of aliphatic carboxylic acids is 1. The molecule has 40 heteroatoms. The Hall–Kier alpha value is -14.2. The van der Waals surface area contributed by atoms with Gasteiger partial charge >= 0.3 is 5.97 Å². The number of anilines is 5. The van der Waals surface area contributed by atoms with Crippen molar-refractivity contribution in [2.45, 2.75) is 72.9 Å². The van der Waals surface area contributed by atoms with Crippen LogP contribution in [0.4, 0.5) is 69.0 Å². The van der Waals surface area contributed by atoms with Crippen LogP contribution in [0.2, 0.25) is 39.3 Å². The summed E-state index contributed by atoms with van der Waals surface area (Å²) in [6.45, 7) is 15.1. The fourth-order valence-electron chi connectivity index (χ4n) is 11.0. The summed E-state index contributed by atoms with van der Waals surface area (Å²) in [5.74, 6) is -1.45. The van der Waals surface area contributed by atoms with Gasteiger partial charge in [0, 0.05) is 116 Å². The zero-order valence-corrected chi connectivity index (χ0v) is 66.0. The molecule has 10 aromatic heterocycles. The van der Waals surface area contributed by atoms with Crippen LogP contribution < -0.4 is 56.0 Å². The lowest BCUT2D eigenvalue weighted by molar-refractivity contribution is -0.136. The topological polar surface area (TPSA) is 415 Å². The lowest BCUT2D eigenvalue weighted by Gasteiger charge is -2.21. The van der Waals surface area contributed by atoms with Gasteiger partial charge in [0.1, 0.15) is 52.4 Å². The first kappa shape index (κ1) is 89.4. The number of amides is 1. The summed E-state index contributed by atoms with van der Waals surface area (Å²) in [7, 11) is 2.03. The summed E-state index contributed by atoms with van der Waals surface area (Å²) < 4.78 is 135. The van der Waals surface area contributed by atoms with Crippen molar-refractivity contribution in [1.29, 1.82) is 0 Å². The van der Waals surface area contributed by atoms with Crippen molar-refractivity contribution in [1.82, 2.24) is 73.6 Å². The summed E-state index contributed by atoms with van der Waals surface area (Å²) >= 11 is 0. The normalized spacial score (nSPS) is 11.1. The van der Waals surface area contributed by atoms with Crippen molar-refractivity contribution in [2.24, 2.45) is 31.6 Å². The van der Waals surface area contributed by atoms with Crippen LogP contribution in [0.1, 0.15) is 37.3 Å². The number of hydrogen-bond acceptors (Lipinski definition) is 23. The lowest BCUT2D eigenvalue weighted by Crippen LogP contribution is -2.32. The number of nitrogen functional groups attached to an aromatic ring is 4. The second kappa shape index (κ2) is 38.8. The van der Waals surface area contributed by atoms with E-state index in [1.807, 2.05) is 6.92 Å². The molecule has 13 rings (SSSR count). The van der Waals surface area contributed by atoms with E-state index in [0.29, 0.717) is 90.8 Å². The quantitative estimate of drug-likeness (QED) is 0.0105. The van der Waals surface area contributed by atoms with Gasteiger partial charge in [-0.1, -0.05) is 7.43 Å². The van der Waals surface area contributed by atoms with Gasteiger partial charge in [-0.3, -0.25) is 54.4 Å². The van der Waals surface area contributed by atoms with E-state index in [0.717, 1.165) is 30.6 Å². The van der Waals surface area contributed by atoms with Crippen LogP contribution in [0.15, 0.2) is 184 Å². The first-order valence-electron chi connectivity index (χ1n) is 34.8. The standard InChI is InChI=1S/C23H18F3N7O2.C23H16F3N7O.C16H15FN6O.C8H21NOSi2.C7H5F2NO2.CH4/c1-33-11-13(4-7-19(33)35)20-21(12-2-5-14(24)6-3-12)29-23(27)30-22(20)32-31-18(34)9-17-16(26)8-15(25)10-28-17;1-32-11-13(4-7-19(32)34)20-21(12-2-5-14(24)6-3-12)30-23(27)33-22(20)29-18(31-33)9-17-16(26)8-15(25)10-28-17;1-23-8-10(4-7-12(23)24)13-14(9-2-5-11(17)6-3-9)20-16(18)21-15(13)22-19;1-8(9-11(2,3)4)10-12(5,6)7;8-4-1-5(9)6(10-3-4)2-7(11)12;/h2-8,10-11H,9H2,1H3,(H,31,34)(H3,27,29,30,32);2-8,10-11H,9H2,1H3,(H2,27,30);2-8H,19H2,1H3,(H3,18,20,21,22);1-7H3;1,3H,2H2,(H,11,12);1H4. The molecule has 0 bridgehead atoms. The fraction of sp³-hybridized carbons (Fsp3) is 0.179. The van der Waals surface area contributed by atoms with E-state index in [-0.39, 0.29) is 82.9 Å². The van der Waals surface area contributed by atoms with Crippen molar-refractivity contribution in [3.8, 4) is 67.2 Å². The summed E-state index contributed by atoms with van der Waals surface area (Å²) in [5.41, 5.74) is 30.5. The number of aromatic nitrogens is 14. The molecule has 0 atom stereocenters. The third-order valence-electron chi connectivity index (χ3n) is 15.9. The third-order valence-corrected chi connectivity index (χ3v) is 17.8. The smallest absolute Gasteiger partial charge is 0.309 e. The summed E-state index contributed by atoms with van der Waals surface area (Å²) in [6, 6.07) is 27.9. The predicted molar refractivity (Wildman–Crippen MR) is 434 cm³/mol. The molecule has 12 N–H and O–H groups in total. The number of fused-ring (bicyclic) bond motifs is 1. The molecular formula is C78H79F9N22O7Si2. The number of nitrogens with zero attached hydrogens (tertiary/aromatic N) is 15. The van der Waals surface area contributed by atoms with Gasteiger partial charge in [-0.25, -0.2) is 65.3 Å². The summed E-state index contributed by atoms with van der Waals surface area (Å²) in [6.07, 6.45) is 6.14. The second-order valence-electron chi connectivity index (χ2n) is 27.4. The molecule has 118 heavy (non-hydrogen) atoms. The Bertz CT molecular complexity index is 6050. The van der Waals surface area contributed by atoms with Crippen molar-refractivity contribution in [2.75, 3.05) is 28.1 Å². The van der Waals surface area contributed by atoms with Crippen LogP contribution in [0.3, 0.4) is 0 Å². The predicted octanol–water partition coefficient (Wildman–Crippen LogP) is 12.0. The van der Waals surface area contributed by atoms with Gasteiger partial charge < -0.3 is 45.9 Å². The van der Waals surface area contributed by atoms with Gasteiger partial charge in [0.15, 0.2) is 37.2 Å². The number of nitrogens with one attached hydrogen (secondary N) is 3. The van der Waals surface area contributed by atoms with Crippen LogP contribution >= 0.6 is 0 Å². The second-order valence-corrected chi connectivity index (χ2v) is 36.4. The zero-order valence-electron chi connectivity index (χ0n) is 64.0. The van der Waals surface area contributed by atoms with Crippen molar-refractivity contribution >= 4 is 69.5 Å². The molecule has 0 radical (unpaired) electrons. The third kappa shape index (κ3) is 24.2. The van der Waals surface area contributed by atoms with Gasteiger partial charge in [-0.05, 0) is 130 Å². The first-order valence-corrected chi connectivity index (χ1v) is 41.6. The number of carboxylic acids is 1. The van der Waals surface area contributed by atoms with Crippen LogP contribution in [-0.4, -0.2) is 108 Å². The number of nitrogens with two attached hydrogens (primary N) is 4. The number of aryl methyl sites for hydroxylation is 3. The van der Waals surface area contributed by atoms with Crippen molar-refractivity contribution in [3.63, 3.8) is 0 Å². The number of halogens is 9. The Balaban J connectivity index is 0.000000195. The van der Waals surface area contributed by atoms with Crippen molar-refractivity contribution in [3.05, 3.63) is 271 Å². The van der Waals surface area contributed by atoms with Crippen LogP contribution in [0.5, 0.6) is 0 Å². The number of rotatable bonds is 17. The van der Waals surface area contributed by atoms with Gasteiger partial charge in [0.05, 0.1) is 88.7 Å². The number of carbonyl (C=O) groups is 2. The molecule has 10 heterocycles. The fourth-order valence-corrected chi connectivity index (χ4v) is 13.0. The maximum Gasteiger partial charge on any atom is 0.309 e. The highest BCUT2D eigenvalue weighted by Crippen LogP contribution is 2.39. The van der Waals surface area contributed by atoms with E-state index in [2.05, 4.69) is 110 Å². The summed E-state index contributed by atoms with van der Waals surface area (Å²) in [4.78, 5) is 94.5. The Morgan fingerprint density at radius 3 is 1.25 bits per heavy atom. The molecule has 0 spiro atoms. The lowest BCUT2D eigenvalue weighted by atomic mass is 10.0. The highest BCUT2D eigenvalue weighted by molar-refractivity contribution is 6.76.